The molecule has 1 aromatic heterocycles. The van der Waals surface area contributed by atoms with E-state index in [1.807, 2.05) is 48.5 Å². The van der Waals surface area contributed by atoms with Gasteiger partial charge in [0.25, 0.3) is 0 Å². The number of furan rings is 1. The van der Waals surface area contributed by atoms with Crippen LogP contribution in [-0.4, -0.2) is 0 Å². The second-order valence-electron chi connectivity index (χ2n) is 5.83. The van der Waals surface area contributed by atoms with E-state index in [9.17, 15) is 0 Å². The van der Waals surface area contributed by atoms with Crippen molar-refractivity contribution in [2.24, 2.45) is 0 Å². The summed E-state index contributed by atoms with van der Waals surface area (Å²) in [6.45, 7) is 0.558. The van der Waals surface area contributed by atoms with Crippen molar-refractivity contribution in [1.82, 2.24) is 0 Å². The molecule has 0 unspecified atom stereocenters. The van der Waals surface area contributed by atoms with E-state index in [1.54, 1.807) is 6.26 Å². The van der Waals surface area contributed by atoms with Crippen LogP contribution in [0.3, 0.4) is 0 Å². The molecular weight excluding hydrogens is 308 g/mol. The van der Waals surface area contributed by atoms with Gasteiger partial charge in [-0.05, 0) is 29.3 Å². The summed E-state index contributed by atoms with van der Waals surface area (Å²) < 4.78 is 11.5. The predicted molar refractivity (Wildman–Crippen MR) is 100 cm³/mol. The van der Waals surface area contributed by atoms with Crippen molar-refractivity contribution in [2.75, 3.05) is 0 Å². The van der Waals surface area contributed by atoms with Crippen LogP contribution in [0.4, 0.5) is 0 Å². The Labute approximate surface area is 147 Å². The highest BCUT2D eigenvalue weighted by Gasteiger charge is 2.07. The van der Waals surface area contributed by atoms with Gasteiger partial charge in [0.15, 0.2) is 0 Å². The molecule has 0 aliphatic heterocycles. The van der Waals surface area contributed by atoms with Gasteiger partial charge >= 0.3 is 0 Å². The number of hydrogen-bond acceptors (Lipinski definition) is 2. The second-order valence-corrected chi connectivity index (χ2v) is 5.83. The zero-order valence-electron chi connectivity index (χ0n) is 13.8. The van der Waals surface area contributed by atoms with E-state index >= 15 is 0 Å². The molecule has 4 rings (SSSR count). The minimum absolute atomic E-state index is 0.558. The minimum Gasteiger partial charge on any atom is -0.488 e. The first-order valence-corrected chi connectivity index (χ1v) is 8.30. The lowest BCUT2D eigenvalue weighted by atomic mass is 10.0. The number of para-hydroxylation sites is 1. The van der Waals surface area contributed by atoms with E-state index in [1.165, 1.54) is 0 Å². The van der Waals surface area contributed by atoms with Crippen LogP contribution in [0.25, 0.3) is 22.5 Å². The summed E-state index contributed by atoms with van der Waals surface area (Å²) in [5, 5.41) is 0. The van der Waals surface area contributed by atoms with Crippen molar-refractivity contribution in [3.05, 3.63) is 103 Å². The Balaban J connectivity index is 1.58. The van der Waals surface area contributed by atoms with Crippen LogP contribution in [0.15, 0.2) is 102 Å². The van der Waals surface area contributed by atoms with E-state index in [4.69, 9.17) is 9.15 Å². The Morgan fingerprint density at radius 2 is 1.36 bits per heavy atom. The lowest BCUT2D eigenvalue weighted by Gasteiger charge is -2.12. The smallest absolute Gasteiger partial charge is 0.133 e. The molecule has 0 aliphatic carbocycles. The zero-order valence-corrected chi connectivity index (χ0v) is 13.8. The fourth-order valence-corrected chi connectivity index (χ4v) is 2.82. The van der Waals surface area contributed by atoms with E-state index < -0.39 is 0 Å². The van der Waals surface area contributed by atoms with E-state index in [2.05, 4.69) is 42.5 Å². The predicted octanol–water partition coefficient (Wildman–Crippen LogP) is 6.19. The Morgan fingerprint density at radius 1 is 0.640 bits per heavy atom. The SMILES string of the molecule is c1ccc(COc2ccccc2-c2ccc(-c3ccco3)cc2)cc1. The van der Waals surface area contributed by atoms with Gasteiger partial charge in [-0.2, -0.15) is 0 Å². The lowest BCUT2D eigenvalue weighted by molar-refractivity contribution is 0.307. The van der Waals surface area contributed by atoms with Gasteiger partial charge in [0.1, 0.15) is 18.1 Å². The quantitative estimate of drug-likeness (QED) is 0.436. The highest BCUT2D eigenvalue weighted by molar-refractivity contribution is 5.73. The van der Waals surface area contributed by atoms with Crippen LogP contribution in [0, 0.1) is 0 Å². The Morgan fingerprint density at radius 3 is 2.12 bits per heavy atom. The maximum Gasteiger partial charge on any atom is 0.133 e. The third-order valence-corrected chi connectivity index (χ3v) is 4.13. The first kappa shape index (κ1) is 15.3. The van der Waals surface area contributed by atoms with Crippen LogP contribution in [0.2, 0.25) is 0 Å². The molecular formula is C23H18O2. The Hall–Kier alpha value is -3.26. The first-order valence-electron chi connectivity index (χ1n) is 8.30. The van der Waals surface area contributed by atoms with Crippen molar-refractivity contribution in [3.63, 3.8) is 0 Å². The molecule has 0 spiro atoms. The summed E-state index contributed by atoms with van der Waals surface area (Å²) in [7, 11) is 0. The van der Waals surface area contributed by atoms with Crippen molar-refractivity contribution in [2.45, 2.75) is 6.61 Å². The fraction of sp³-hybridized carbons (Fsp3) is 0.0435. The van der Waals surface area contributed by atoms with Crippen LogP contribution in [0.5, 0.6) is 5.75 Å². The van der Waals surface area contributed by atoms with Crippen molar-refractivity contribution >= 4 is 0 Å². The average Bonchev–Trinajstić information content (AvgIpc) is 3.22. The molecule has 0 radical (unpaired) electrons. The molecule has 0 N–H and O–H groups in total. The molecule has 122 valence electrons. The van der Waals surface area contributed by atoms with Gasteiger partial charge < -0.3 is 9.15 Å². The third kappa shape index (κ3) is 3.48. The second kappa shape index (κ2) is 7.10. The van der Waals surface area contributed by atoms with E-state index in [0.29, 0.717) is 6.61 Å². The van der Waals surface area contributed by atoms with E-state index in [0.717, 1.165) is 33.8 Å². The molecule has 25 heavy (non-hydrogen) atoms. The Bertz CT molecular complexity index is 924. The molecule has 0 atom stereocenters. The highest BCUT2D eigenvalue weighted by atomic mass is 16.5. The summed E-state index contributed by atoms with van der Waals surface area (Å²) in [6.07, 6.45) is 1.69. The maximum absolute atomic E-state index is 6.06. The van der Waals surface area contributed by atoms with Gasteiger partial charge in [0, 0.05) is 11.1 Å². The molecule has 1 heterocycles. The van der Waals surface area contributed by atoms with Gasteiger partial charge in [-0.1, -0.05) is 72.8 Å². The molecule has 0 bridgehead atoms. The standard InChI is InChI=1S/C23H18O2/c1-2-7-18(8-3-1)17-25-23-10-5-4-9-21(23)19-12-14-20(15-13-19)22-11-6-16-24-22/h1-16H,17H2. The Kier molecular flexibility index (Phi) is 4.34. The molecule has 2 nitrogen and oxygen atoms in total. The number of rotatable bonds is 5. The largest absolute Gasteiger partial charge is 0.488 e. The highest BCUT2D eigenvalue weighted by Crippen LogP contribution is 2.32. The number of benzene rings is 3. The average molecular weight is 326 g/mol. The molecule has 0 saturated carbocycles. The minimum atomic E-state index is 0.558. The van der Waals surface area contributed by atoms with Crippen LogP contribution >= 0.6 is 0 Å². The zero-order chi connectivity index (χ0) is 16.9. The number of ether oxygens (including phenoxy) is 1. The van der Waals surface area contributed by atoms with Crippen LogP contribution in [0.1, 0.15) is 5.56 Å². The summed E-state index contributed by atoms with van der Waals surface area (Å²) in [5.74, 6) is 1.76. The molecule has 0 saturated heterocycles. The van der Waals surface area contributed by atoms with Gasteiger partial charge in [0.2, 0.25) is 0 Å². The van der Waals surface area contributed by atoms with Gasteiger partial charge in [-0.25, -0.2) is 0 Å². The fourth-order valence-electron chi connectivity index (χ4n) is 2.82. The number of hydrogen-bond donors (Lipinski definition) is 0. The monoisotopic (exact) mass is 326 g/mol. The summed E-state index contributed by atoms with van der Waals surface area (Å²) in [4.78, 5) is 0. The first-order chi connectivity index (χ1) is 12.4. The molecule has 2 heteroatoms. The maximum atomic E-state index is 6.06. The van der Waals surface area contributed by atoms with Gasteiger partial charge in [-0.3, -0.25) is 0 Å². The molecule has 4 aromatic rings. The van der Waals surface area contributed by atoms with Crippen LogP contribution < -0.4 is 4.74 Å². The summed E-state index contributed by atoms with van der Waals surface area (Å²) in [6, 6.07) is 30.5. The third-order valence-electron chi connectivity index (χ3n) is 4.13. The van der Waals surface area contributed by atoms with Gasteiger partial charge in [-0.15, -0.1) is 0 Å². The summed E-state index contributed by atoms with van der Waals surface area (Å²) in [5.41, 5.74) is 4.44. The van der Waals surface area contributed by atoms with Crippen molar-refractivity contribution in [1.29, 1.82) is 0 Å². The van der Waals surface area contributed by atoms with Crippen molar-refractivity contribution < 1.29 is 9.15 Å². The van der Waals surface area contributed by atoms with Crippen molar-refractivity contribution in [3.8, 4) is 28.2 Å². The summed E-state index contributed by atoms with van der Waals surface area (Å²) >= 11 is 0. The van der Waals surface area contributed by atoms with E-state index in [-0.39, 0.29) is 0 Å². The molecule has 0 aliphatic rings. The van der Waals surface area contributed by atoms with Crippen LogP contribution in [-0.2, 0) is 6.61 Å². The molecule has 0 amide bonds. The van der Waals surface area contributed by atoms with Gasteiger partial charge in [0.05, 0.1) is 6.26 Å². The topological polar surface area (TPSA) is 22.4 Å². The molecule has 3 aromatic carbocycles. The molecule has 0 fully saturated rings. The lowest BCUT2D eigenvalue weighted by Crippen LogP contribution is -1.96. The normalized spacial score (nSPS) is 10.6.